The Bertz CT molecular complexity index is 874. The van der Waals surface area contributed by atoms with Gasteiger partial charge in [-0.25, -0.2) is 4.98 Å². The largest absolute Gasteiger partial charge is 0.443 e. The van der Waals surface area contributed by atoms with Gasteiger partial charge in [-0.2, -0.15) is 0 Å². The first-order valence-corrected chi connectivity index (χ1v) is 10.3. The quantitative estimate of drug-likeness (QED) is 0.746. The van der Waals surface area contributed by atoms with Crippen LogP contribution in [-0.4, -0.2) is 27.5 Å². The molecule has 3 N–H and O–H groups in total. The zero-order valence-electron chi connectivity index (χ0n) is 17.8. The number of nitrogens with zero attached hydrogens (tertiary/aromatic N) is 2. The molecule has 7 nitrogen and oxygen atoms in total. The SMILES string of the molecule is CC(N)[C@H]1CC[C@H](C(=O)Nc2ccnc3c2ccn3COC(=O)C(C)(C)C)CC1. The van der Waals surface area contributed by atoms with Crippen molar-refractivity contribution in [1.29, 1.82) is 0 Å². The van der Waals surface area contributed by atoms with Crippen LogP contribution in [0.3, 0.4) is 0 Å². The van der Waals surface area contributed by atoms with Gasteiger partial charge >= 0.3 is 5.97 Å². The standard InChI is InChI=1S/C22H32N4O3/c1-14(23)15-5-7-16(8-6-15)20(27)25-18-9-11-24-19-17(18)10-12-26(19)13-29-21(28)22(2,3)4/h9-12,14-16H,5-8,13,23H2,1-4H3,(H,24,25,27)/t14?,15-,16-. The van der Waals surface area contributed by atoms with Crippen molar-refractivity contribution < 1.29 is 14.3 Å². The van der Waals surface area contributed by atoms with Crippen LogP contribution in [0.25, 0.3) is 11.0 Å². The lowest BCUT2D eigenvalue weighted by Crippen LogP contribution is -2.33. The molecular weight excluding hydrogens is 368 g/mol. The maximum absolute atomic E-state index is 12.8. The third-order valence-corrected chi connectivity index (χ3v) is 5.75. The number of anilines is 1. The van der Waals surface area contributed by atoms with E-state index in [0.29, 0.717) is 11.6 Å². The second-order valence-corrected chi connectivity index (χ2v) is 9.15. The Kier molecular flexibility index (Phi) is 6.27. The molecule has 0 bridgehead atoms. The highest BCUT2D eigenvalue weighted by Gasteiger charge is 2.28. The van der Waals surface area contributed by atoms with Crippen LogP contribution in [0, 0.1) is 17.3 Å². The van der Waals surface area contributed by atoms with E-state index >= 15 is 0 Å². The van der Waals surface area contributed by atoms with Gasteiger partial charge in [-0.3, -0.25) is 14.2 Å². The van der Waals surface area contributed by atoms with Gasteiger partial charge < -0.3 is 15.8 Å². The summed E-state index contributed by atoms with van der Waals surface area (Å²) in [6.07, 6.45) is 7.21. The van der Waals surface area contributed by atoms with Gasteiger partial charge in [0.2, 0.25) is 5.91 Å². The normalized spacial score (nSPS) is 21.0. The van der Waals surface area contributed by atoms with Gasteiger partial charge in [-0.05, 0) is 71.4 Å². The number of pyridine rings is 1. The molecule has 2 heterocycles. The number of ether oxygens (including phenoxy) is 1. The van der Waals surface area contributed by atoms with Crippen molar-refractivity contribution in [2.45, 2.75) is 66.2 Å². The van der Waals surface area contributed by atoms with E-state index in [-0.39, 0.29) is 30.6 Å². The monoisotopic (exact) mass is 400 g/mol. The van der Waals surface area contributed by atoms with Crippen LogP contribution in [0.1, 0.15) is 53.4 Å². The molecule has 2 aromatic rings. The fraction of sp³-hybridized carbons (Fsp3) is 0.591. The Labute approximate surface area is 172 Å². The number of hydrogen-bond acceptors (Lipinski definition) is 5. The number of hydrogen-bond donors (Lipinski definition) is 2. The van der Waals surface area contributed by atoms with E-state index < -0.39 is 5.41 Å². The Morgan fingerprint density at radius 3 is 2.59 bits per heavy atom. The molecule has 0 aliphatic heterocycles. The molecule has 2 aromatic heterocycles. The van der Waals surface area contributed by atoms with Crippen LogP contribution in [-0.2, 0) is 21.1 Å². The molecule has 0 saturated heterocycles. The van der Waals surface area contributed by atoms with Crippen molar-refractivity contribution in [2.24, 2.45) is 23.0 Å². The smallest absolute Gasteiger partial charge is 0.312 e. The number of nitrogens with one attached hydrogen (secondary N) is 1. The lowest BCUT2D eigenvalue weighted by Gasteiger charge is -2.30. The Hall–Kier alpha value is -2.41. The van der Waals surface area contributed by atoms with Gasteiger partial charge in [-0.1, -0.05) is 0 Å². The van der Waals surface area contributed by atoms with Crippen molar-refractivity contribution in [2.75, 3.05) is 5.32 Å². The Morgan fingerprint density at radius 2 is 1.97 bits per heavy atom. The van der Waals surface area contributed by atoms with Gasteiger partial charge in [0.25, 0.3) is 0 Å². The van der Waals surface area contributed by atoms with Crippen LogP contribution >= 0.6 is 0 Å². The van der Waals surface area contributed by atoms with Gasteiger partial charge in [0, 0.05) is 29.7 Å². The average Bonchev–Trinajstić information content (AvgIpc) is 3.09. The lowest BCUT2D eigenvalue weighted by molar-refractivity contribution is -0.156. The van der Waals surface area contributed by atoms with Gasteiger partial charge in [0.1, 0.15) is 5.65 Å². The van der Waals surface area contributed by atoms with Crippen molar-refractivity contribution >= 4 is 28.6 Å². The fourth-order valence-corrected chi connectivity index (χ4v) is 3.79. The molecule has 1 amide bonds. The maximum atomic E-state index is 12.8. The molecule has 158 valence electrons. The molecule has 1 atom stereocenters. The summed E-state index contributed by atoms with van der Waals surface area (Å²) in [7, 11) is 0. The fourth-order valence-electron chi connectivity index (χ4n) is 3.79. The van der Waals surface area contributed by atoms with E-state index in [2.05, 4.69) is 10.3 Å². The summed E-state index contributed by atoms with van der Waals surface area (Å²) in [6.45, 7) is 7.58. The van der Waals surface area contributed by atoms with Crippen molar-refractivity contribution in [3.63, 3.8) is 0 Å². The van der Waals surface area contributed by atoms with Gasteiger partial charge in [0.05, 0.1) is 11.1 Å². The van der Waals surface area contributed by atoms with Crippen LogP contribution in [0.15, 0.2) is 24.5 Å². The summed E-state index contributed by atoms with van der Waals surface area (Å²) in [5, 5.41) is 3.90. The first-order chi connectivity index (χ1) is 13.7. The molecule has 29 heavy (non-hydrogen) atoms. The van der Waals surface area contributed by atoms with Gasteiger partial charge in [-0.15, -0.1) is 0 Å². The molecule has 1 aliphatic rings. The second-order valence-electron chi connectivity index (χ2n) is 9.15. The predicted molar refractivity (Wildman–Crippen MR) is 113 cm³/mol. The number of aromatic nitrogens is 2. The Morgan fingerprint density at radius 1 is 1.28 bits per heavy atom. The number of fused-ring (bicyclic) bond motifs is 1. The number of rotatable bonds is 5. The third-order valence-electron chi connectivity index (χ3n) is 5.75. The molecule has 1 aliphatic carbocycles. The molecule has 7 heteroatoms. The van der Waals surface area contributed by atoms with Crippen molar-refractivity contribution in [1.82, 2.24) is 9.55 Å². The first-order valence-electron chi connectivity index (χ1n) is 10.3. The number of carbonyl (C=O) groups is 2. The van der Waals surface area contributed by atoms with E-state index in [9.17, 15) is 9.59 Å². The highest BCUT2D eigenvalue weighted by Crippen LogP contribution is 2.32. The molecule has 0 aromatic carbocycles. The summed E-state index contributed by atoms with van der Waals surface area (Å²) < 4.78 is 7.16. The summed E-state index contributed by atoms with van der Waals surface area (Å²) in [5.41, 5.74) is 6.85. The zero-order valence-corrected chi connectivity index (χ0v) is 17.8. The minimum atomic E-state index is -0.559. The minimum absolute atomic E-state index is 0.0167. The molecule has 1 saturated carbocycles. The molecule has 3 rings (SSSR count). The zero-order chi connectivity index (χ0) is 21.2. The number of esters is 1. The lowest BCUT2D eigenvalue weighted by atomic mass is 9.79. The maximum Gasteiger partial charge on any atom is 0.312 e. The third kappa shape index (κ3) is 4.96. The molecule has 0 radical (unpaired) electrons. The molecule has 0 spiro atoms. The van der Waals surface area contributed by atoms with Crippen LogP contribution in [0.5, 0.6) is 0 Å². The van der Waals surface area contributed by atoms with Crippen molar-refractivity contribution in [3.8, 4) is 0 Å². The summed E-state index contributed by atoms with van der Waals surface area (Å²) in [4.78, 5) is 29.2. The summed E-state index contributed by atoms with van der Waals surface area (Å²) >= 11 is 0. The van der Waals surface area contributed by atoms with Crippen LogP contribution in [0.4, 0.5) is 5.69 Å². The van der Waals surface area contributed by atoms with Crippen LogP contribution in [0.2, 0.25) is 0 Å². The highest BCUT2D eigenvalue weighted by molar-refractivity contribution is 6.01. The van der Waals surface area contributed by atoms with E-state index in [1.54, 1.807) is 16.8 Å². The van der Waals surface area contributed by atoms with E-state index in [1.807, 2.05) is 40.0 Å². The Balaban J connectivity index is 1.67. The molecular formula is C22H32N4O3. The number of amides is 1. The predicted octanol–water partition coefficient (Wildman–Crippen LogP) is 3.68. The van der Waals surface area contributed by atoms with E-state index in [1.165, 1.54) is 0 Å². The highest BCUT2D eigenvalue weighted by atomic mass is 16.5. The van der Waals surface area contributed by atoms with Crippen LogP contribution < -0.4 is 11.1 Å². The topological polar surface area (TPSA) is 99.2 Å². The summed E-state index contributed by atoms with van der Waals surface area (Å²) in [5.74, 6) is 0.304. The first kappa shape index (κ1) is 21.3. The van der Waals surface area contributed by atoms with E-state index in [4.69, 9.17) is 10.5 Å². The van der Waals surface area contributed by atoms with Crippen molar-refractivity contribution in [3.05, 3.63) is 24.5 Å². The summed E-state index contributed by atoms with van der Waals surface area (Å²) in [6, 6.07) is 3.88. The molecule has 1 unspecified atom stereocenters. The number of nitrogens with two attached hydrogens (primary N) is 1. The minimum Gasteiger partial charge on any atom is -0.443 e. The average molecular weight is 401 g/mol. The number of carbonyl (C=O) groups excluding carboxylic acids is 2. The van der Waals surface area contributed by atoms with E-state index in [0.717, 1.165) is 36.8 Å². The second kappa shape index (κ2) is 8.53. The van der Waals surface area contributed by atoms with Gasteiger partial charge in [0.15, 0.2) is 6.73 Å². The molecule has 1 fully saturated rings.